The summed E-state index contributed by atoms with van der Waals surface area (Å²) in [5.41, 5.74) is -0.585. The van der Waals surface area contributed by atoms with Gasteiger partial charge >= 0.3 is 12.1 Å². The highest BCUT2D eigenvalue weighted by atomic mass is 16.6. The number of rotatable bonds is 4. The Morgan fingerprint density at radius 2 is 2.11 bits per heavy atom. The Kier molecular flexibility index (Phi) is 5.60. The molecule has 1 aliphatic heterocycles. The number of carbonyl (C=O) groups excluding carboxylic acids is 1. The highest BCUT2D eigenvalue weighted by molar-refractivity contribution is 5.71. The molecule has 0 spiro atoms. The van der Waals surface area contributed by atoms with E-state index in [0.717, 1.165) is 25.8 Å². The molecule has 110 valence electrons. The molecular weight excluding hydrogens is 248 g/mol. The van der Waals surface area contributed by atoms with Gasteiger partial charge in [0.05, 0.1) is 12.5 Å². The van der Waals surface area contributed by atoms with E-state index in [1.165, 1.54) is 0 Å². The molecule has 1 rings (SSSR count). The van der Waals surface area contributed by atoms with Crippen molar-refractivity contribution < 1.29 is 19.4 Å². The monoisotopic (exact) mass is 272 g/mol. The van der Waals surface area contributed by atoms with Crippen molar-refractivity contribution in [1.82, 2.24) is 10.6 Å². The second-order valence-electron chi connectivity index (χ2n) is 5.91. The molecule has 1 fully saturated rings. The quantitative estimate of drug-likeness (QED) is 0.722. The van der Waals surface area contributed by atoms with Gasteiger partial charge in [0.25, 0.3) is 0 Å². The minimum absolute atomic E-state index is 0.00244. The fourth-order valence-electron chi connectivity index (χ4n) is 2.16. The first-order valence-electron chi connectivity index (χ1n) is 6.72. The largest absolute Gasteiger partial charge is 0.481 e. The summed E-state index contributed by atoms with van der Waals surface area (Å²) < 4.78 is 5.17. The van der Waals surface area contributed by atoms with Gasteiger partial charge in [0.15, 0.2) is 0 Å². The highest BCUT2D eigenvalue weighted by Gasteiger charge is 2.28. The van der Waals surface area contributed by atoms with Crippen molar-refractivity contribution in [2.75, 3.05) is 6.54 Å². The predicted molar refractivity (Wildman–Crippen MR) is 71.1 cm³/mol. The summed E-state index contributed by atoms with van der Waals surface area (Å²) in [6, 6.07) is -0.440. The van der Waals surface area contributed by atoms with Crippen LogP contribution in [0.15, 0.2) is 0 Å². The van der Waals surface area contributed by atoms with Gasteiger partial charge in [0.2, 0.25) is 0 Å². The molecule has 1 saturated heterocycles. The Labute approximate surface area is 113 Å². The molecule has 1 amide bonds. The Bertz CT molecular complexity index is 319. The number of hydrogen-bond acceptors (Lipinski definition) is 4. The number of alkyl carbamates (subject to hydrolysis) is 1. The Balaban J connectivity index is 2.58. The molecule has 0 aromatic heterocycles. The summed E-state index contributed by atoms with van der Waals surface area (Å²) in [6.45, 7) is 6.18. The molecular formula is C13H24N2O4. The summed E-state index contributed by atoms with van der Waals surface area (Å²) in [5, 5.41) is 14.9. The Hall–Kier alpha value is -1.30. The summed E-state index contributed by atoms with van der Waals surface area (Å²) in [7, 11) is 0. The van der Waals surface area contributed by atoms with Crippen molar-refractivity contribution in [2.45, 2.75) is 64.1 Å². The number of carboxylic acid groups (broad SMARTS) is 1. The third kappa shape index (κ3) is 6.42. The van der Waals surface area contributed by atoms with Gasteiger partial charge in [-0.3, -0.25) is 4.79 Å². The van der Waals surface area contributed by atoms with E-state index >= 15 is 0 Å². The molecule has 0 radical (unpaired) electrons. The van der Waals surface area contributed by atoms with Crippen LogP contribution in [-0.2, 0) is 9.53 Å². The molecule has 0 aromatic rings. The van der Waals surface area contributed by atoms with Crippen LogP contribution in [0.3, 0.4) is 0 Å². The van der Waals surface area contributed by atoms with Gasteiger partial charge in [-0.25, -0.2) is 4.79 Å². The maximum Gasteiger partial charge on any atom is 0.407 e. The smallest absolute Gasteiger partial charge is 0.407 e. The van der Waals surface area contributed by atoms with Crippen molar-refractivity contribution in [2.24, 2.45) is 0 Å². The second kappa shape index (κ2) is 6.75. The van der Waals surface area contributed by atoms with Crippen LogP contribution in [0, 0.1) is 0 Å². The van der Waals surface area contributed by atoms with E-state index in [0.29, 0.717) is 0 Å². The third-order valence-electron chi connectivity index (χ3n) is 2.93. The second-order valence-corrected chi connectivity index (χ2v) is 5.91. The van der Waals surface area contributed by atoms with Crippen LogP contribution < -0.4 is 10.6 Å². The zero-order valence-electron chi connectivity index (χ0n) is 11.9. The maximum atomic E-state index is 11.7. The predicted octanol–water partition coefficient (Wildman–Crippen LogP) is 1.50. The van der Waals surface area contributed by atoms with Crippen molar-refractivity contribution in [3.05, 3.63) is 0 Å². The average Bonchev–Trinajstić information content (AvgIpc) is 2.26. The number of piperidine rings is 1. The zero-order valence-corrected chi connectivity index (χ0v) is 11.9. The maximum absolute atomic E-state index is 11.7. The Morgan fingerprint density at radius 1 is 1.42 bits per heavy atom. The molecule has 0 saturated carbocycles. The van der Waals surface area contributed by atoms with Crippen LogP contribution >= 0.6 is 0 Å². The van der Waals surface area contributed by atoms with E-state index < -0.39 is 23.7 Å². The van der Waals surface area contributed by atoms with Gasteiger partial charge in [-0.2, -0.15) is 0 Å². The summed E-state index contributed by atoms with van der Waals surface area (Å²) >= 11 is 0. The number of amides is 1. The van der Waals surface area contributed by atoms with Gasteiger partial charge in [-0.05, 0) is 40.2 Å². The van der Waals surface area contributed by atoms with Crippen molar-refractivity contribution in [3.8, 4) is 0 Å². The van der Waals surface area contributed by atoms with E-state index in [-0.39, 0.29) is 12.5 Å². The standard InChI is InChI=1S/C13H24N2O4/c1-13(2,3)19-12(18)15-10(8-11(16)17)9-6-4-5-7-14-9/h9-10,14H,4-8H2,1-3H3,(H,15,18)(H,16,17)/t9-,10-/m0/s1. The number of aliphatic carboxylic acids is 1. The van der Waals surface area contributed by atoms with Crippen LogP contribution in [0.5, 0.6) is 0 Å². The fraction of sp³-hybridized carbons (Fsp3) is 0.846. The minimum atomic E-state index is -0.923. The topological polar surface area (TPSA) is 87.7 Å². The van der Waals surface area contributed by atoms with Crippen LogP contribution in [0.2, 0.25) is 0 Å². The lowest BCUT2D eigenvalue weighted by Gasteiger charge is -2.31. The average molecular weight is 272 g/mol. The first kappa shape index (κ1) is 15.8. The number of carboxylic acids is 1. The van der Waals surface area contributed by atoms with Crippen LogP contribution in [0.1, 0.15) is 46.5 Å². The first-order valence-corrected chi connectivity index (χ1v) is 6.72. The van der Waals surface area contributed by atoms with Crippen LogP contribution in [0.25, 0.3) is 0 Å². The molecule has 0 aromatic carbocycles. The normalized spacial score (nSPS) is 21.5. The lowest BCUT2D eigenvalue weighted by Crippen LogP contribution is -2.53. The lowest BCUT2D eigenvalue weighted by molar-refractivity contribution is -0.137. The van der Waals surface area contributed by atoms with Gasteiger partial charge in [-0.15, -0.1) is 0 Å². The lowest BCUT2D eigenvalue weighted by atomic mass is 9.96. The summed E-state index contributed by atoms with van der Waals surface area (Å²) in [5.74, 6) is -0.923. The molecule has 0 aliphatic carbocycles. The third-order valence-corrected chi connectivity index (χ3v) is 2.93. The van der Waals surface area contributed by atoms with Crippen LogP contribution in [-0.4, -0.2) is 41.4 Å². The van der Waals surface area contributed by atoms with Crippen LogP contribution in [0.4, 0.5) is 4.79 Å². The molecule has 6 nitrogen and oxygen atoms in total. The Morgan fingerprint density at radius 3 is 2.58 bits per heavy atom. The zero-order chi connectivity index (χ0) is 14.5. The highest BCUT2D eigenvalue weighted by Crippen LogP contribution is 2.14. The number of carbonyl (C=O) groups is 2. The van der Waals surface area contributed by atoms with Crippen molar-refractivity contribution in [3.63, 3.8) is 0 Å². The van der Waals surface area contributed by atoms with E-state index in [1.54, 1.807) is 20.8 Å². The molecule has 1 heterocycles. The van der Waals surface area contributed by atoms with Gasteiger partial charge < -0.3 is 20.5 Å². The van der Waals surface area contributed by atoms with E-state index in [2.05, 4.69) is 10.6 Å². The van der Waals surface area contributed by atoms with Gasteiger partial charge in [0, 0.05) is 6.04 Å². The summed E-state index contributed by atoms with van der Waals surface area (Å²) in [4.78, 5) is 22.6. The van der Waals surface area contributed by atoms with Crippen molar-refractivity contribution in [1.29, 1.82) is 0 Å². The number of ether oxygens (including phenoxy) is 1. The number of nitrogens with one attached hydrogen (secondary N) is 2. The van der Waals surface area contributed by atoms with Crippen molar-refractivity contribution >= 4 is 12.1 Å². The molecule has 1 aliphatic rings. The van der Waals surface area contributed by atoms with E-state index in [9.17, 15) is 9.59 Å². The molecule has 19 heavy (non-hydrogen) atoms. The summed E-state index contributed by atoms with van der Waals surface area (Å²) in [6.07, 6.45) is 2.34. The molecule has 6 heteroatoms. The SMILES string of the molecule is CC(C)(C)OC(=O)N[C@@H](CC(=O)O)[C@@H]1CCCCN1. The molecule has 3 N–H and O–H groups in total. The number of hydrogen-bond donors (Lipinski definition) is 3. The van der Waals surface area contributed by atoms with Gasteiger partial charge in [-0.1, -0.05) is 6.42 Å². The van der Waals surface area contributed by atoms with E-state index in [4.69, 9.17) is 9.84 Å². The fourth-order valence-corrected chi connectivity index (χ4v) is 2.16. The molecule has 0 bridgehead atoms. The first-order chi connectivity index (χ1) is 8.78. The van der Waals surface area contributed by atoms with Gasteiger partial charge in [0.1, 0.15) is 5.60 Å². The van der Waals surface area contributed by atoms with E-state index in [1.807, 2.05) is 0 Å². The molecule has 0 unspecified atom stereocenters. The minimum Gasteiger partial charge on any atom is -0.481 e. The molecule has 2 atom stereocenters.